The van der Waals surface area contributed by atoms with Gasteiger partial charge in [0.1, 0.15) is 11.4 Å². The van der Waals surface area contributed by atoms with E-state index in [1.165, 1.54) is 11.8 Å². The number of nitrogens with one attached hydrogen (secondary N) is 1. The average molecular weight is 380 g/mol. The molecule has 138 valence electrons. The summed E-state index contributed by atoms with van der Waals surface area (Å²) in [6.07, 6.45) is 3.99. The van der Waals surface area contributed by atoms with Gasteiger partial charge >= 0.3 is 0 Å². The van der Waals surface area contributed by atoms with Crippen molar-refractivity contribution in [2.45, 2.75) is 37.5 Å². The summed E-state index contributed by atoms with van der Waals surface area (Å²) in [5.74, 6) is -0.0322. The maximum absolute atomic E-state index is 12.9. The molecule has 1 N–H and O–H groups in total. The van der Waals surface area contributed by atoms with Gasteiger partial charge in [0.2, 0.25) is 5.91 Å². The number of thioether (sulfide) groups is 1. The Kier molecular flexibility index (Phi) is 4.61. The van der Waals surface area contributed by atoms with Crippen LogP contribution in [0.15, 0.2) is 52.4 Å². The molecule has 0 spiro atoms. The zero-order valence-corrected chi connectivity index (χ0v) is 16.2. The minimum absolute atomic E-state index is 0.0322. The van der Waals surface area contributed by atoms with Crippen molar-refractivity contribution in [3.63, 3.8) is 0 Å². The minimum Gasteiger partial charge on any atom is -0.463 e. The van der Waals surface area contributed by atoms with Crippen LogP contribution in [0.5, 0.6) is 0 Å². The van der Waals surface area contributed by atoms with E-state index >= 15 is 0 Å². The summed E-state index contributed by atoms with van der Waals surface area (Å²) in [5, 5.41) is 11.9. The molecule has 0 aliphatic heterocycles. The first kappa shape index (κ1) is 17.6. The summed E-state index contributed by atoms with van der Waals surface area (Å²) in [6, 6.07) is 9.87. The summed E-state index contributed by atoms with van der Waals surface area (Å²) in [7, 11) is 0. The van der Waals surface area contributed by atoms with Crippen LogP contribution in [-0.4, -0.2) is 25.8 Å². The highest BCUT2D eigenvalue weighted by Gasteiger charge is 2.22. The van der Waals surface area contributed by atoms with Crippen molar-refractivity contribution in [2.75, 3.05) is 5.32 Å². The van der Waals surface area contributed by atoms with Crippen LogP contribution in [0.2, 0.25) is 0 Å². The predicted octanol–water partition coefficient (Wildman–Crippen LogP) is 4.60. The smallest absolute Gasteiger partial charge is 0.237 e. The normalized spacial score (nSPS) is 12.6. The minimum atomic E-state index is -0.272. The van der Waals surface area contributed by atoms with E-state index < -0.39 is 0 Å². The first-order valence-corrected chi connectivity index (χ1v) is 9.69. The van der Waals surface area contributed by atoms with Crippen LogP contribution in [0.1, 0.15) is 24.5 Å². The van der Waals surface area contributed by atoms with Gasteiger partial charge < -0.3 is 9.73 Å². The lowest BCUT2D eigenvalue weighted by Crippen LogP contribution is -2.25. The molecule has 0 unspecified atom stereocenters. The van der Waals surface area contributed by atoms with E-state index in [1.807, 2.05) is 55.5 Å². The molecule has 0 bridgehead atoms. The summed E-state index contributed by atoms with van der Waals surface area (Å²) in [6.45, 7) is 6.00. The Morgan fingerprint density at radius 1 is 1.26 bits per heavy atom. The second kappa shape index (κ2) is 7.08. The van der Waals surface area contributed by atoms with Crippen molar-refractivity contribution in [1.29, 1.82) is 0 Å². The Morgan fingerprint density at radius 2 is 2.11 bits per heavy atom. The van der Waals surface area contributed by atoms with Gasteiger partial charge in [-0.05, 0) is 37.5 Å². The highest BCUT2D eigenvalue weighted by Crippen LogP contribution is 2.31. The van der Waals surface area contributed by atoms with Gasteiger partial charge in [-0.25, -0.2) is 0 Å². The molecule has 7 heteroatoms. The lowest BCUT2D eigenvalue weighted by Gasteiger charge is -2.16. The third-order valence-corrected chi connectivity index (χ3v) is 5.91. The number of furan rings is 1. The van der Waals surface area contributed by atoms with E-state index in [-0.39, 0.29) is 11.2 Å². The highest BCUT2D eigenvalue weighted by atomic mass is 32.2. The zero-order chi connectivity index (χ0) is 19.0. The van der Waals surface area contributed by atoms with Gasteiger partial charge in [-0.2, -0.15) is 0 Å². The monoisotopic (exact) mass is 380 g/mol. The Bertz CT molecular complexity index is 1130. The van der Waals surface area contributed by atoms with E-state index in [2.05, 4.69) is 15.5 Å². The van der Waals surface area contributed by atoms with Gasteiger partial charge in [0.25, 0.3) is 0 Å². The number of aryl methyl sites for hydroxylation is 2. The molecule has 0 fully saturated rings. The molecule has 0 aliphatic rings. The third kappa shape index (κ3) is 3.30. The topological polar surface area (TPSA) is 72.4 Å². The molecular weight excluding hydrogens is 360 g/mol. The fourth-order valence-corrected chi connectivity index (χ4v) is 4.01. The lowest BCUT2D eigenvalue weighted by molar-refractivity contribution is -0.115. The van der Waals surface area contributed by atoms with Crippen LogP contribution in [0.4, 0.5) is 5.69 Å². The van der Waals surface area contributed by atoms with Gasteiger partial charge in [0.05, 0.1) is 22.5 Å². The van der Waals surface area contributed by atoms with E-state index in [1.54, 1.807) is 12.6 Å². The Morgan fingerprint density at radius 3 is 2.93 bits per heavy atom. The number of hydrogen-bond donors (Lipinski definition) is 1. The Labute approximate surface area is 161 Å². The summed E-state index contributed by atoms with van der Waals surface area (Å²) < 4.78 is 7.41. The van der Waals surface area contributed by atoms with Crippen LogP contribution in [0.3, 0.4) is 0 Å². The van der Waals surface area contributed by atoms with Crippen LogP contribution >= 0.6 is 11.8 Å². The van der Waals surface area contributed by atoms with Crippen LogP contribution in [0.25, 0.3) is 16.6 Å². The second-order valence-electron chi connectivity index (χ2n) is 6.53. The van der Waals surface area contributed by atoms with E-state index in [9.17, 15) is 4.79 Å². The molecule has 1 aromatic carbocycles. The second-order valence-corrected chi connectivity index (χ2v) is 7.72. The fraction of sp³-hybridized carbons (Fsp3) is 0.250. The van der Waals surface area contributed by atoms with Crippen LogP contribution in [-0.2, 0) is 4.79 Å². The molecule has 4 rings (SSSR count). The molecule has 0 aliphatic carbocycles. The SMILES string of the molecule is CC[C@H](Sc1nncn2c1cc1occc12)C(=O)Nc1cc(C)ccc1C. The number of rotatable bonds is 5. The summed E-state index contributed by atoms with van der Waals surface area (Å²) in [4.78, 5) is 12.9. The highest BCUT2D eigenvalue weighted by molar-refractivity contribution is 8.00. The number of aromatic nitrogens is 3. The Hall–Kier alpha value is -2.80. The maximum Gasteiger partial charge on any atom is 0.237 e. The lowest BCUT2D eigenvalue weighted by atomic mass is 10.1. The number of nitrogens with zero attached hydrogens (tertiary/aromatic N) is 3. The van der Waals surface area contributed by atoms with Gasteiger partial charge in [0, 0.05) is 17.8 Å². The molecule has 0 saturated heterocycles. The largest absolute Gasteiger partial charge is 0.463 e. The van der Waals surface area contributed by atoms with Crippen molar-refractivity contribution < 1.29 is 9.21 Å². The Balaban J connectivity index is 1.61. The molecule has 4 aromatic rings. The van der Waals surface area contributed by atoms with E-state index in [0.717, 1.165) is 33.4 Å². The van der Waals surface area contributed by atoms with E-state index in [4.69, 9.17) is 4.42 Å². The summed E-state index contributed by atoms with van der Waals surface area (Å²) in [5.41, 5.74) is 5.62. The summed E-state index contributed by atoms with van der Waals surface area (Å²) >= 11 is 1.43. The molecule has 3 aromatic heterocycles. The average Bonchev–Trinajstić information content (AvgIpc) is 3.24. The maximum atomic E-state index is 12.9. The molecule has 1 atom stereocenters. The first-order chi connectivity index (χ1) is 13.1. The molecule has 1 amide bonds. The molecule has 3 heterocycles. The number of fused-ring (bicyclic) bond motifs is 3. The fourth-order valence-electron chi connectivity index (χ4n) is 3.04. The van der Waals surface area contributed by atoms with Gasteiger partial charge in [-0.3, -0.25) is 9.20 Å². The number of carbonyl (C=O) groups is 1. The van der Waals surface area contributed by atoms with Crippen molar-refractivity contribution >= 4 is 40.0 Å². The van der Waals surface area contributed by atoms with Crippen LogP contribution < -0.4 is 5.32 Å². The quantitative estimate of drug-likeness (QED) is 0.512. The molecule has 0 radical (unpaired) electrons. The molecule has 0 saturated carbocycles. The van der Waals surface area contributed by atoms with Crippen LogP contribution in [0, 0.1) is 13.8 Å². The van der Waals surface area contributed by atoms with Gasteiger partial charge in [-0.1, -0.05) is 30.8 Å². The van der Waals surface area contributed by atoms with Crippen molar-refractivity contribution in [1.82, 2.24) is 14.6 Å². The van der Waals surface area contributed by atoms with Crippen molar-refractivity contribution in [3.05, 3.63) is 54.0 Å². The number of amides is 1. The number of benzene rings is 1. The standard InChI is InChI=1S/C20H20N4O2S/c1-4-18(19(25)22-14-9-12(2)5-6-13(14)3)27-20-16-10-17-15(7-8-26-17)24(16)11-21-23-20/h5-11,18H,4H2,1-3H3,(H,22,25)/t18-/m0/s1. The number of carbonyl (C=O) groups excluding carboxylic acids is 1. The molecular formula is C20H20N4O2S. The van der Waals surface area contributed by atoms with Crippen molar-refractivity contribution in [3.8, 4) is 0 Å². The zero-order valence-electron chi connectivity index (χ0n) is 15.4. The number of anilines is 1. The van der Waals surface area contributed by atoms with Crippen molar-refractivity contribution in [2.24, 2.45) is 0 Å². The predicted molar refractivity (Wildman–Crippen MR) is 107 cm³/mol. The first-order valence-electron chi connectivity index (χ1n) is 8.81. The van der Waals surface area contributed by atoms with E-state index in [0.29, 0.717) is 11.4 Å². The van der Waals surface area contributed by atoms with Gasteiger partial charge in [0.15, 0.2) is 5.58 Å². The third-order valence-electron chi connectivity index (χ3n) is 4.56. The van der Waals surface area contributed by atoms with Gasteiger partial charge in [-0.15, -0.1) is 10.2 Å². The molecule has 6 nitrogen and oxygen atoms in total. The number of hydrogen-bond acceptors (Lipinski definition) is 5. The molecule has 27 heavy (non-hydrogen) atoms.